The summed E-state index contributed by atoms with van der Waals surface area (Å²) < 4.78 is 30.0. The molecule has 0 saturated heterocycles. The van der Waals surface area contributed by atoms with Gasteiger partial charge in [0.2, 0.25) is 0 Å². The number of halogens is 1. The Morgan fingerprint density at radius 1 is 1.00 bits per heavy atom. The molecule has 1 aromatic heterocycles. The van der Waals surface area contributed by atoms with E-state index < -0.39 is 10.0 Å². The van der Waals surface area contributed by atoms with Crippen LogP contribution in [0.4, 0.5) is 11.4 Å². The average Bonchev–Trinajstić information content (AvgIpc) is 3.30. The van der Waals surface area contributed by atoms with Crippen molar-refractivity contribution in [1.29, 1.82) is 0 Å². The molecule has 168 valence electrons. The smallest absolute Gasteiger partial charge is 0.262 e. The molecule has 0 aliphatic rings. The first-order chi connectivity index (χ1) is 15.8. The standard InChI is InChI=1S/C23H20ClN5O3S/c1-16-2-9-21(12-22(16)33(31,32)28-20-10-7-19(24)8-11-20)27-23(30)18-5-3-17(4-6-18)13-29-15-25-14-26-29/h2-12,14-15,28H,13H2,1H3,(H,27,30). The number of hydrogen-bond donors (Lipinski definition) is 2. The number of aromatic nitrogens is 3. The SMILES string of the molecule is Cc1ccc(NC(=O)c2ccc(Cn3cncn3)cc2)cc1S(=O)(=O)Nc1ccc(Cl)cc1. The first kappa shape index (κ1) is 22.5. The van der Waals surface area contributed by atoms with E-state index in [1.54, 1.807) is 66.5 Å². The molecule has 10 heteroatoms. The summed E-state index contributed by atoms with van der Waals surface area (Å²) in [5.41, 5.74) is 2.72. The highest BCUT2D eigenvalue weighted by Crippen LogP contribution is 2.24. The highest BCUT2D eigenvalue weighted by Gasteiger charge is 2.18. The van der Waals surface area contributed by atoms with Crippen LogP contribution >= 0.6 is 11.6 Å². The van der Waals surface area contributed by atoms with E-state index in [1.807, 2.05) is 12.1 Å². The maximum Gasteiger partial charge on any atom is 0.262 e. The maximum atomic E-state index is 12.9. The molecule has 4 aromatic rings. The van der Waals surface area contributed by atoms with Gasteiger partial charge in [0.1, 0.15) is 12.7 Å². The van der Waals surface area contributed by atoms with Crippen LogP contribution in [0.1, 0.15) is 21.5 Å². The maximum absolute atomic E-state index is 12.9. The topological polar surface area (TPSA) is 106 Å². The zero-order valence-corrected chi connectivity index (χ0v) is 19.1. The Hall–Kier alpha value is -3.69. The Labute approximate surface area is 196 Å². The normalized spacial score (nSPS) is 11.2. The van der Waals surface area contributed by atoms with Crippen molar-refractivity contribution in [3.8, 4) is 0 Å². The van der Waals surface area contributed by atoms with Gasteiger partial charge in [0.15, 0.2) is 0 Å². The quantitative estimate of drug-likeness (QED) is 0.408. The van der Waals surface area contributed by atoms with Crippen molar-refractivity contribution in [2.45, 2.75) is 18.4 Å². The number of carbonyl (C=O) groups is 1. The van der Waals surface area contributed by atoms with Gasteiger partial charge in [-0.1, -0.05) is 29.8 Å². The fraction of sp³-hybridized carbons (Fsp3) is 0.0870. The van der Waals surface area contributed by atoms with Crippen LogP contribution in [-0.4, -0.2) is 29.1 Å². The number of aryl methyl sites for hydroxylation is 1. The molecule has 0 bridgehead atoms. The summed E-state index contributed by atoms with van der Waals surface area (Å²) in [6.07, 6.45) is 3.08. The number of carbonyl (C=O) groups excluding carboxylic acids is 1. The first-order valence-corrected chi connectivity index (χ1v) is 11.8. The third-order valence-electron chi connectivity index (χ3n) is 4.86. The van der Waals surface area contributed by atoms with Crippen molar-refractivity contribution < 1.29 is 13.2 Å². The van der Waals surface area contributed by atoms with Gasteiger partial charge in [-0.15, -0.1) is 0 Å². The van der Waals surface area contributed by atoms with Gasteiger partial charge in [-0.3, -0.25) is 9.52 Å². The second-order valence-corrected chi connectivity index (χ2v) is 9.42. The summed E-state index contributed by atoms with van der Waals surface area (Å²) in [4.78, 5) is 16.7. The van der Waals surface area contributed by atoms with Crippen molar-refractivity contribution in [3.63, 3.8) is 0 Å². The minimum Gasteiger partial charge on any atom is -0.322 e. The Balaban J connectivity index is 1.49. The molecule has 0 fully saturated rings. The second kappa shape index (κ2) is 9.43. The number of benzene rings is 3. The first-order valence-electron chi connectivity index (χ1n) is 9.92. The average molecular weight is 482 g/mol. The second-order valence-electron chi connectivity index (χ2n) is 7.34. The molecule has 0 aliphatic heterocycles. The van der Waals surface area contributed by atoms with Crippen molar-refractivity contribution in [2.75, 3.05) is 10.0 Å². The molecule has 0 aliphatic carbocycles. The molecule has 1 amide bonds. The van der Waals surface area contributed by atoms with Crippen molar-refractivity contribution in [1.82, 2.24) is 14.8 Å². The molecular formula is C23H20ClN5O3S. The largest absolute Gasteiger partial charge is 0.322 e. The van der Waals surface area contributed by atoms with Crippen LogP contribution in [0.2, 0.25) is 5.02 Å². The number of nitrogens with one attached hydrogen (secondary N) is 2. The van der Waals surface area contributed by atoms with Crippen LogP contribution in [-0.2, 0) is 16.6 Å². The molecule has 4 rings (SSSR count). The van der Waals surface area contributed by atoms with Crippen LogP contribution in [0.15, 0.2) is 84.3 Å². The van der Waals surface area contributed by atoms with Crippen molar-refractivity contribution in [2.24, 2.45) is 0 Å². The fourth-order valence-corrected chi connectivity index (χ4v) is 4.62. The number of amides is 1. The highest BCUT2D eigenvalue weighted by molar-refractivity contribution is 7.92. The molecular weight excluding hydrogens is 462 g/mol. The van der Waals surface area contributed by atoms with Gasteiger partial charge in [-0.2, -0.15) is 5.10 Å². The summed E-state index contributed by atoms with van der Waals surface area (Å²) in [7, 11) is -3.87. The number of nitrogens with zero attached hydrogens (tertiary/aromatic N) is 3. The van der Waals surface area contributed by atoms with Gasteiger partial charge < -0.3 is 5.32 Å². The number of hydrogen-bond acceptors (Lipinski definition) is 5. The molecule has 8 nitrogen and oxygen atoms in total. The minimum atomic E-state index is -3.87. The van der Waals surface area contributed by atoms with E-state index in [-0.39, 0.29) is 10.8 Å². The van der Waals surface area contributed by atoms with Crippen molar-refractivity contribution >= 4 is 38.9 Å². The van der Waals surface area contributed by atoms with E-state index in [9.17, 15) is 13.2 Å². The van der Waals surface area contributed by atoms with E-state index in [0.717, 1.165) is 5.56 Å². The monoisotopic (exact) mass is 481 g/mol. The summed E-state index contributed by atoms with van der Waals surface area (Å²) >= 11 is 5.86. The van der Waals surface area contributed by atoms with E-state index in [1.165, 1.54) is 12.4 Å². The van der Waals surface area contributed by atoms with Crippen LogP contribution in [0.5, 0.6) is 0 Å². The summed E-state index contributed by atoms with van der Waals surface area (Å²) in [6.45, 7) is 2.23. The lowest BCUT2D eigenvalue weighted by molar-refractivity contribution is 0.102. The number of anilines is 2. The van der Waals surface area contributed by atoms with Gasteiger partial charge in [0, 0.05) is 22.0 Å². The molecule has 0 atom stereocenters. The lowest BCUT2D eigenvalue weighted by Crippen LogP contribution is -2.16. The van der Waals surface area contributed by atoms with Crippen LogP contribution in [0, 0.1) is 6.92 Å². The molecule has 0 radical (unpaired) electrons. The lowest BCUT2D eigenvalue weighted by atomic mass is 10.1. The third-order valence-corrected chi connectivity index (χ3v) is 6.63. The van der Waals surface area contributed by atoms with Gasteiger partial charge in [-0.25, -0.2) is 18.1 Å². The fourth-order valence-electron chi connectivity index (χ4n) is 3.16. The van der Waals surface area contributed by atoms with Crippen LogP contribution < -0.4 is 10.0 Å². The molecule has 1 heterocycles. The molecule has 3 aromatic carbocycles. The van der Waals surface area contributed by atoms with Gasteiger partial charge in [0.25, 0.3) is 15.9 Å². The third kappa shape index (κ3) is 5.57. The number of sulfonamides is 1. The Morgan fingerprint density at radius 3 is 2.36 bits per heavy atom. The summed E-state index contributed by atoms with van der Waals surface area (Å²) in [5.74, 6) is -0.347. The van der Waals surface area contributed by atoms with Crippen molar-refractivity contribution in [3.05, 3.63) is 101 Å². The molecule has 0 spiro atoms. The van der Waals surface area contributed by atoms with E-state index in [4.69, 9.17) is 11.6 Å². The lowest BCUT2D eigenvalue weighted by Gasteiger charge is -2.13. The van der Waals surface area contributed by atoms with Crippen LogP contribution in [0.3, 0.4) is 0 Å². The zero-order valence-electron chi connectivity index (χ0n) is 17.6. The van der Waals surface area contributed by atoms with E-state index in [0.29, 0.717) is 34.1 Å². The molecule has 2 N–H and O–H groups in total. The Morgan fingerprint density at radius 2 is 1.70 bits per heavy atom. The van der Waals surface area contributed by atoms with E-state index >= 15 is 0 Å². The molecule has 0 saturated carbocycles. The molecule has 33 heavy (non-hydrogen) atoms. The molecule has 0 unspecified atom stereocenters. The highest BCUT2D eigenvalue weighted by atomic mass is 35.5. The van der Waals surface area contributed by atoms with Gasteiger partial charge >= 0.3 is 0 Å². The van der Waals surface area contributed by atoms with Gasteiger partial charge in [-0.05, 0) is 66.6 Å². The van der Waals surface area contributed by atoms with Gasteiger partial charge in [0.05, 0.1) is 11.4 Å². The predicted octanol–water partition coefficient (Wildman–Crippen LogP) is 4.34. The number of rotatable bonds is 7. The van der Waals surface area contributed by atoms with E-state index in [2.05, 4.69) is 20.1 Å². The Bertz CT molecular complexity index is 1370. The summed E-state index contributed by atoms with van der Waals surface area (Å²) in [5, 5.41) is 7.32. The predicted molar refractivity (Wildman–Crippen MR) is 127 cm³/mol. The minimum absolute atomic E-state index is 0.0680. The summed E-state index contributed by atoms with van der Waals surface area (Å²) in [6, 6.07) is 18.2. The zero-order chi connectivity index (χ0) is 23.4. The van der Waals surface area contributed by atoms with Crippen LogP contribution in [0.25, 0.3) is 0 Å². The Kier molecular flexibility index (Phi) is 6.43.